The van der Waals surface area contributed by atoms with Crippen molar-refractivity contribution in [2.45, 2.75) is 56.9 Å². The van der Waals surface area contributed by atoms with E-state index in [9.17, 15) is 0 Å². The monoisotopic (exact) mass is 483 g/mol. The van der Waals surface area contributed by atoms with Crippen LogP contribution in [0.2, 0.25) is 0 Å². The van der Waals surface area contributed by atoms with E-state index in [2.05, 4.69) is 46.5 Å². The summed E-state index contributed by atoms with van der Waals surface area (Å²) in [7, 11) is 0. The fourth-order valence-electron chi connectivity index (χ4n) is 5.88. The van der Waals surface area contributed by atoms with Crippen LogP contribution in [0.15, 0.2) is 23.8 Å². The van der Waals surface area contributed by atoms with Crippen LogP contribution in [0.3, 0.4) is 0 Å². The predicted molar refractivity (Wildman–Crippen MR) is 139 cm³/mol. The maximum Gasteiger partial charge on any atom is 0.185 e. The Bertz CT molecular complexity index is 1090. The van der Waals surface area contributed by atoms with Gasteiger partial charge in [-0.05, 0) is 62.5 Å². The van der Waals surface area contributed by atoms with Gasteiger partial charge in [0.15, 0.2) is 5.13 Å². The van der Waals surface area contributed by atoms with Crippen molar-refractivity contribution < 1.29 is 4.74 Å². The van der Waals surface area contributed by atoms with Crippen LogP contribution in [0.1, 0.15) is 56.4 Å². The predicted octanol–water partition coefficient (Wildman–Crippen LogP) is 5.20. The van der Waals surface area contributed by atoms with Crippen molar-refractivity contribution in [1.82, 2.24) is 18.8 Å². The third kappa shape index (κ3) is 4.43. The largest absolute Gasteiger partial charge is 0.380 e. The van der Waals surface area contributed by atoms with E-state index in [4.69, 9.17) is 14.7 Å². The fourth-order valence-corrected chi connectivity index (χ4v) is 7.04. The van der Waals surface area contributed by atoms with E-state index in [0.717, 1.165) is 54.9 Å². The highest BCUT2D eigenvalue weighted by atomic mass is 32.1. The molecule has 5 heterocycles. The van der Waals surface area contributed by atoms with Crippen molar-refractivity contribution in [3.05, 3.63) is 29.4 Å². The first kappa shape index (κ1) is 21.9. The topological polar surface area (TPSA) is 46.4 Å². The van der Waals surface area contributed by atoms with E-state index >= 15 is 0 Å². The zero-order valence-corrected chi connectivity index (χ0v) is 20.9. The summed E-state index contributed by atoms with van der Waals surface area (Å²) in [5.74, 6) is 0.591. The van der Waals surface area contributed by atoms with Gasteiger partial charge in [0.05, 0.1) is 12.3 Å². The van der Waals surface area contributed by atoms with E-state index < -0.39 is 0 Å². The second-order valence-corrected chi connectivity index (χ2v) is 11.0. The molecular weight excluding hydrogens is 450 g/mol. The number of nitrogens with zero attached hydrogens (tertiary/aromatic N) is 5. The Kier molecular flexibility index (Phi) is 6.34. The van der Waals surface area contributed by atoms with Crippen LogP contribution in [-0.2, 0) is 4.74 Å². The van der Waals surface area contributed by atoms with Gasteiger partial charge in [0, 0.05) is 67.6 Å². The first-order chi connectivity index (χ1) is 16.3. The molecule has 0 radical (unpaired) electrons. The zero-order chi connectivity index (χ0) is 22.2. The molecular formula is C25H33N5OS2. The van der Waals surface area contributed by atoms with Gasteiger partial charge in [0.1, 0.15) is 5.65 Å². The summed E-state index contributed by atoms with van der Waals surface area (Å²) in [6, 6.07) is 3.08. The number of rotatable bonds is 4. The molecule has 33 heavy (non-hydrogen) atoms. The molecule has 3 aromatic heterocycles. The molecule has 3 aliphatic rings. The molecule has 1 aliphatic carbocycles. The minimum absolute atomic E-state index is 0.591. The Labute approximate surface area is 205 Å². The Hall–Kier alpha value is -1.61. The number of hydrogen-bond acceptors (Lipinski definition) is 7. The lowest BCUT2D eigenvalue weighted by atomic mass is 9.81. The normalized spacial score (nSPS) is 25.1. The summed E-state index contributed by atoms with van der Waals surface area (Å²) in [5, 5.41) is 4.51. The number of thiol groups is 1. The van der Waals surface area contributed by atoms with E-state index in [1.54, 1.807) is 11.3 Å². The lowest BCUT2D eigenvalue weighted by Gasteiger charge is -2.36. The molecule has 3 aromatic rings. The van der Waals surface area contributed by atoms with E-state index in [0.29, 0.717) is 12.0 Å². The summed E-state index contributed by atoms with van der Waals surface area (Å²) in [6.07, 6.45) is 12.9. The fraction of sp³-hybridized carbons (Fsp3) is 0.600. The molecule has 2 aliphatic heterocycles. The van der Waals surface area contributed by atoms with Crippen LogP contribution >= 0.6 is 24.2 Å². The van der Waals surface area contributed by atoms with Crippen molar-refractivity contribution in [1.29, 1.82) is 0 Å². The highest BCUT2D eigenvalue weighted by molar-refractivity contribution is 7.78. The number of hydrogen-bond donors (Lipinski definition) is 1. The summed E-state index contributed by atoms with van der Waals surface area (Å²) in [4.78, 5) is 14.9. The summed E-state index contributed by atoms with van der Waals surface area (Å²) in [6.45, 7) is 6.34. The molecule has 0 aromatic carbocycles. The van der Waals surface area contributed by atoms with Crippen LogP contribution in [0.25, 0.3) is 22.3 Å². The third-order valence-electron chi connectivity index (χ3n) is 7.73. The lowest BCUT2D eigenvalue weighted by Crippen LogP contribution is -2.39. The van der Waals surface area contributed by atoms with Gasteiger partial charge in [-0.1, -0.05) is 12.8 Å². The molecule has 0 unspecified atom stereocenters. The molecule has 3 fully saturated rings. The van der Waals surface area contributed by atoms with Crippen molar-refractivity contribution in [2.24, 2.45) is 0 Å². The van der Waals surface area contributed by atoms with Crippen LogP contribution in [0, 0.1) is 0 Å². The van der Waals surface area contributed by atoms with Crippen LogP contribution in [0.4, 0.5) is 5.13 Å². The highest BCUT2D eigenvalue weighted by Gasteiger charge is 2.28. The molecule has 2 saturated heterocycles. The van der Waals surface area contributed by atoms with Gasteiger partial charge in [0.25, 0.3) is 0 Å². The van der Waals surface area contributed by atoms with Gasteiger partial charge in [-0.25, -0.2) is 9.97 Å². The Balaban J connectivity index is 1.22. The number of aromatic nitrogens is 3. The van der Waals surface area contributed by atoms with Gasteiger partial charge in [0.2, 0.25) is 0 Å². The van der Waals surface area contributed by atoms with Crippen molar-refractivity contribution in [3.63, 3.8) is 0 Å². The molecule has 176 valence electrons. The molecule has 0 atom stereocenters. The van der Waals surface area contributed by atoms with Crippen LogP contribution in [-0.4, -0.2) is 64.3 Å². The number of pyridine rings is 1. The average molecular weight is 484 g/mol. The number of thiazole rings is 1. The van der Waals surface area contributed by atoms with Crippen molar-refractivity contribution >= 4 is 40.3 Å². The minimum atomic E-state index is 0.591. The van der Waals surface area contributed by atoms with Gasteiger partial charge < -0.3 is 9.64 Å². The Morgan fingerprint density at radius 2 is 1.85 bits per heavy atom. The lowest BCUT2D eigenvalue weighted by molar-refractivity contribution is 0.118. The Morgan fingerprint density at radius 3 is 2.70 bits per heavy atom. The van der Waals surface area contributed by atoms with Crippen molar-refractivity contribution in [2.75, 3.05) is 44.3 Å². The molecule has 1 saturated carbocycles. The number of fused-ring (bicyclic) bond motifs is 1. The smallest absolute Gasteiger partial charge is 0.185 e. The van der Waals surface area contributed by atoms with Crippen LogP contribution < -0.4 is 4.90 Å². The Morgan fingerprint density at radius 1 is 1.00 bits per heavy atom. The van der Waals surface area contributed by atoms with E-state index in [1.165, 1.54) is 62.4 Å². The second-order valence-electron chi connectivity index (χ2n) is 9.74. The summed E-state index contributed by atoms with van der Waals surface area (Å²) >= 11 is 6.41. The standard InChI is InChI=1S/C25H33N5OS2/c32-30-16-22(23-17-33-25(27-23)29-8-1-2-9-29)21-14-19(15-26-24(21)30)18-4-6-20(7-5-18)28-10-3-12-31-13-11-28/h14-18,20,32H,1-13H2. The maximum atomic E-state index is 5.66. The second kappa shape index (κ2) is 9.56. The molecule has 0 spiro atoms. The quantitative estimate of drug-likeness (QED) is 0.517. The highest BCUT2D eigenvalue weighted by Crippen LogP contribution is 2.39. The van der Waals surface area contributed by atoms with Gasteiger partial charge in [-0.3, -0.25) is 8.87 Å². The first-order valence-electron chi connectivity index (χ1n) is 12.5. The van der Waals surface area contributed by atoms with Crippen LogP contribution in [0.5, 0.6) is 0 Å². The number of ether oxygens (including phenoxy) is 1. The maximum absolute atomic E-state index is 5.66. The van der Waals surface area contributed by atoms with Crippen molar-refractivity contribution in [3.8, 4) is 11.3 Å². The SMILES string of the molecule is Sn1cc(-c2csc(N3CCCC3)n2)c2cc(C3CCC(N4CCCOCC4)CC3)cnc21. The van der Waals surface area contributed by atoms with Gasteiger partial charge >= 0.3 is 0 Å². The molecule has 0 bridgehead atoms. The van der Waals surface area contributed by atoms with Gasteiger partial charge in [-0.2, -0.15) is 0 Å². The average Bonchev–Trinajstić information content (AvgIpc) is 3.56. The third-order valence-corrected chi connectivity index (χ3v) is 8.94. The molecule has 8 heteroatoms. The molecule has 6 nitrogen and oxygen atoms in total. The van der Waals surface area contributed by atoms with Gasteiger partial charge in [-0.15, -0.1) is 11.3 Å². The molecule has 6 rings (SSSR count). The number of anilines is 1. The summed E-state index contributed by atoms with van der Waals surface area (Å²) < 4.78 is 7.51. The van der Waals surface area contributed by atoms with E-state index in [-0.39, 0.29) is 0 Å². The minimum Gasteiger partial charge on any atom is -0.380 e. The summed E-state index contributed by atoms with van der Waals surface area (Å²) in [5.41, 5.74) is 4.49. The molecule has 0 N–H and O–H groups in total. The van der Waals surface area contributed by atoms with E-state index in [1.807, 2.05) is 3.97 Å². The molecule has 0 amide bonds. The first-order valence-corrected chi connectivity index (χ1v) is 13.8. The zero-order valence-electron chi connectivity index (χ0n) is 19.2.